The van der Waals surface area contributed by atoms with Gasteiger partial charge in [-0.2, -0.15) is 0 Å². The third-order valence-corrected chi connectivity index (χ3v) is 4.97. The number of ketones is 1. The molecule has 3 amide bonds. The first-order valence-corrected chi connectivity index (χ1v) is 10.1. The molecule has 1 fully saturated rings. The molecule has 3 rings (SSSR count). The fraction of sp³-hybridized carbons (Fsp3) is 0.261. The van der Waals surface area contributed by atoms with Gasteiger partial charge in [0.2, 0.25) is 5.91 Å². The number of hydrogen-bond acceptors (Lipinski definition) is 7. The molecule has 1 atom stereocenters. The molecule has 1 aliphatic heterocycles. The largest absolute Gasteiger partial charge is 0.496 e. The Labute approximate surface area is 189 Å². The van der Waals surface area contributed by atoms with Crippen LogP contribution in [0, 0.1) is 5.92 Å². The summed E-state index contributed by atoms with van der Waals surface area (Å²) >= 11 is 0. The van der Waals surface area contributed by atoms with Crippen LogP contribution < -0.4 is 15.5 Å². The number of ether oxygens (including phenoxy) is 2. The van der Waals surface area contributed by atoms with Crippen LogP contribution in [-0.2, 0) is 19.1 Å². The van der Waals surface area contributed by atoms with Gasteiger partial charge in [-0.3, -0.25) is 34.4 Å². The lowest BCUT2D eigenvalue weighted by atomic mass is 10.1. The van der Waals surface area contributed by atoms with Crippen LogP contribution in [0.25, 0.3) is 0 Å². The van der Waals surface area contributed by atoms with Crippen molar-refractivity contribution in [1.29, 1.82) is 0 Å². The molecule has 1 aliphatic rings. The molecule has 0 radical (unpaired) electrons. The Kier molecular flexibility index (Phi) is 7.39. The molecule has 33 heavy (non-hydrogen) atoms. The van der Waals surface area contributed by atoms with E-state index in [2.05, 4.69) is 10.7 Å². The highest BCUT2D eigenvalue weighted by atomic mass is 16.5. The van der Waals surface area contributed by atoms with E-state index in [4.69, 9.17) is 9.47 Å². The SMILES string of the molecule is COc1ccccc1C(=O)NN1C[C@@H](C(=O)OCC(=O)Nc2ccc(C(C)=O)cc2)CC1=O. The Bertz CT molecular complexity index is 1080. The van der Waals surface area contributed by atoms with Gasteiger partial charge in [-0.05, 0) is 43.3 Å². The van der Waals surface area contributed by atoms with Crippen LogP contribution in [0.5, 0.6) is 5.75 Å². The van der Waals surface area contributed by atoms with Crippen LogP contribution in [0.1, 0.15) is 34.1 Å². The normalized spacial score (nSPS) is 15.0. The topological polar surface area (TPSA) is 131 Å². The van der Waals surface area contributed by atoms with E-state index in [0.717, 1.165) is 5.01 Å². The molecule has 2 N–H and O–H groups in total. The van der Waals surface area contributed by atoms with E-state index in [9.17, 15) is 24.0 Å². The molecule has 0 bridgehead atoms. The fourth-order valence-electron chi connectivity index (χ4n) is 3.23. The Morgan fingerprint density at radius 3 is 2.42 bits per heavy atom. The van der Waals surface area contributed by atoms with Crippen molar-refractivity contribution in [1.82, 2.24) is 10.4 Å². The Morgan fingerprint density at radius 2 is 1.76 bits per heavy atom. The molecule has 0 aliphatic carbocycles. The van der Waals surface area contributed by atoms with E-state index < -0.39 is 36.2 Å². The summed E-state index contributed by atoms with van der Waals surface area (Å²) in [7, 11) is 1.43. The third-order valence-electron chi connectivity index (χ3n) is 4.97. The molecule has 10 nitrogen and oxygen atoms in total. The first kappa shape index (κ1) is 23.5. The number of para-hydroxylation sites is 1. The van der Waals surface area contributed by atoms with Gasteiger partial charge >= 0.3 is 5.97 Å². The number of rotatable bonds is 8. The summed E-state index contributed by atoms with van der Waals surface area (Å²) in [4.78, 5) is 60.4. The Hall–Kier alpha value is -4.21. The summed E-state index contributed by atoms with van der Waals surface area (Å²) in [5, 5.41) is 3.61. The van der Waals surface area contributed by atoms with Gasteiger partial charge in [-0.25, -0.2) is 0 Å². The minimum absolute atomic E-state index is 0.0767. The van der Waals surface area contributed by atoms with Crippen LogP contribution in [0.4, 0.5) is 5.69 Å². The second kappa shape index (κ2) is 10.4. The second-order valence-corrected chi connectivity index (χ2v) is 7.34. The van der Waals surface area contributed by atoms with Crippen molar-refractivity contribution >= 4 is 35.2 Å². The fourth-order valence-corrected chi connectivity index (χ4v) is 3.23. The van der Waals surface area contributed by atoms with Gasteiger partial charge in [0.15, 0.2) is 12.4 Å². The number of carbonyl (C=O) groups excluding carboxylic acids is 5. The van der Waals surface area contributed by atoms with Gasteiger partial charge in [0, 0.05) is 17.7 Å². The predicted molar refractivity (Wildman–Crippen MR) is 116 cm³/mol. The van der Waals surface area contributed by atoms with Crippen LogP contribution in [0.15, 0.2) is 48.5 Å². The lowest BCUT2D eigenvalue weighted by Crippen LogP contribution is -2.43. The monoisotopic (exact) mass is 453 g/mol. The maximum atomic E-state index is 12.5. The Morgan fingerprint density at radius 1 is 1.06 bits per heavy atom. The Balaban J connectivity index is 1.49. The summed E-state index contributed by atoms with van der Waals surface area (Å²) in [6, 6.07) is 12.8. The first-order valence-electron chi connectivity index (χ1n) is 10.1. The number of anilines is 1. The molecule has 172 valence electrons. The van der Waals surface area contributed by atoms with E-state index in [1.807, 2.05) is 0 Å². The van der Waals surface area contributed by atoms with Crippen molar-refractivity contribution in [2.45, 2.75) is 13.3 Å². The van der Waals surface area contributed by atoms with Gasteiger partial charge < -0.3 is 14.8 Å². The highest BCUT2D eigenvalue weighted by Gasteiger charge is 2.37. The number of amides is 3. The average molecular weight is 453 g/mol. The van der Waals surface area contributed by atoms with Gasteiger partial charge in [-0.15, -0.1) is 0 Å². The molecular weight excluding hydrogens is 430 g/mol. The molecule has 1 heterocycles. The van der Waals surface area contributed by atoms with E-state index >= 15 is 0 Å². The lowest BCUT2D eigenvalue weighted by Gasteiger charge is -2.18. The first-order chi connectivity index (χ1) is 15.8. The van der Waals surface area contributed by atoms with Crippen molar-refractivity contribution in [3.63, 3.8) is 0 Å². The van der Waals surface area contributed by atoms with E-state index in [1.165, 1.54) is 14.0 Å². The summed E-state index contributed by atoms with van der Waals surface area (Å²) < 4.78 is 10.2. The summed E-state index contributed by atoms with van der Waals surface area (Å²) in [5.74, 6) is -2.86. The van der Waals surface area contributed by atoms with E-state index in [-0.39, 0.29) is 24.3 Å². The zero-order valence-corrected chi connectivity index (χ0v) is 18.1. The van der Waals surface area contributed by atoms with Crippen LogP contribution in [-0.4, -0.2) is 54.7 Å². The van der Waals surface area contributed by atoms with Crippen LogP contribution >= 0.6 is 0 Å². The van der Waals surface area contributed by atoms with Crippen LogP contribution in [0.2, 0.25) is 0 Å². The molecule has 0 unspecified atom stereocenters. The van der Waals surface area contributed by atoms with Crippen molar-refractivity contribution in [3.05, 3.63) is 59.7 Å². The van der Waals surface area contributed by atoms with Gasteiger partial charge in [0.05, 0.1) is 25.1 Å². The zero-order chi connectivity index (χ0) is 24.0. The maximum absolute atomic E-state index is 12.5. The van der Waals surface area contributed by atoms with Crippen LogP contribution in [0.3, 0.4) is 0 Å². The molecule has 10 heteroatoms. The number of carbonyl (C=O) groups is 5. The standard InChI is InChI=1S/C23H23N3O7/c1-14(27)15-7-9-17(10-8-15)24-20(28)13-33-23(31)16-11-21(29)26(12-16)25-22(30)18-5-3-4-6-19(18)32-2/h3-10,16H,11-13H2,1-2H3,(H,24,28)(H,25,30)/t16-/m0/s1. The van der Waals surface area contributed by atoms with Gasteiger partial charge in [0.25, 0.3) is 11.8 Å². The number of hydrazine groups is 1. The maximum Gasteiger partial charge on any atom is 0.311 e. The molecule has 0 aromatic heterocycles. The van der Waals surface area contributed by atoms with Gasteiger partial charge in [-0.1, -0.05) is 12.1 Å². The minimum atomic E-state index is -0.821. The summed E-state index contributed by atoms with van der Waals surface area (Å²) in [5.41, 5.74) is 3.66. The van der Waals surface area contributed by atoms with Crippen molar-refractivity contribution in [3.8, 4) is 5.75 Å². The number of nitrogens with zero attached hydrogens (tertiary/aromatic N) is 1. The van der Waals surface area contributed by atoms with Gasteiger partial charge in [0.1, 0.15) is 5.75 Å². The second-order valence-electron chi connectivity index (χ2n) is 7.34. The zero-order valence-electron chi connectivity index (χ0n) is 18.1. The number of nitrogens with one attached hydrogen (secondary N) is 2. The molecule has 2 aromatic rings. The lowest BCUT2D eigenvalue weighted by molar-refractivity contribution is -0.151. The molecule has 0 saturated carbocycles. The highest BCUT2D eigenvalue weighted by molar-refractivity contribution is 5.99. The van der Waals surface area contributed by atoms with Crippen molar-refractivity contribution < 1.29 is 33.4 Å². The number of methoxy groups -OCH3 is 1. The highest BCUT2D eigenvalue weighted by Crippen LogP contribution is 2.20. The smallest absolute Gasteiger partial charge is 0.311 e. The number of hydrogen-bond donors (Lipinski definition) is 2. The number of Topliss-reactive ketones (excluding diaryl/α,β-unsaturated/α-hetero) is 1. The third kappa shape index (κ3) is 5.94. The molecule has 0 spiro atoms. The predicted octanol–water partition coefficient (Wildman–Crippen LogP) is 1.57. The summed E-state index contributed by atoms with van der Waals surface area (Å²) in [6.07, 6.45) is -0.154. The molecule has 2 aromatic carbocycles. The number of esters is 1. The van der Waals surface area contributed by atoms with Crippen molar-refractivity contribution in [2.24, 2.45) is 5.92 Å². The number of benzene rings is 2. The summed E-state index contributed by atoms with van der Waals surface area (Å²) in [6.45, 7) is 0.824. The minimum Gasteiger partial charge on any atom is -0.496 e. The molecular formula is C23H23N3O7. The molecule has 1 saturated heterocycles. The van der Waals surface area contributed by atoms with E-state index in [1.54, 1.807) is 48.5 Å². The average Bonchev–Trinajstić information content (AvgIpc) is 3.17. The van der Waals surface area contributed by atoms with E-state index in [0.29, 0.717) is 17.0 Å². The quantitative estimate of drug-likeness (QED) is 0.458. The van der Waals surface area contributed by atoms with Crippen molar-refractivity contribution in [2.75, 3.05) is 25.6 Å².